The van der Waals surface area contributed by atoms with Crippen molar-refractivity contribution < 1.29 is 4.79 Å². The number of likely N-dealkylation sites (N-methyl/N-ethyl adjacent to an activating group) is 1. The van der Waals surface area contributed by atoms with E-state index in [0.29, 0.717) is 5.92 Å². The van der Waals surface area contributed by atoms with Gasteiger partial charge in [-0.05, 0) is 57.0 Å². The van der Waals surface area contributed by atoms with E-state index in [0.717, 1.165) is 25.1 Å². The van der Waals surface area contributed by atoms with Crippen LogP contribution >= 0.6 is 0 Å². The van der Waals surface area contributed by atoms with Crippen molar-refractivity contribution in [3.05, 3.63) is 29.6 Å². The molecule has 1 amide bonds. The standard InChI is InChI=1S/C13H19N3O/c1-9-7-10(3-5-15-9)11-4-6-16(2)12(8-11)13(14)17/h3,5,7,11-12H,4,6,8H2,1-2H3,(H2,14,17). The molecule has 92 valence electrons. The molecule has 0 radical (unpaired) electrons. The number of rotatable bonds is 2. The molecule has 2 unspecified atom stereocenters. The Morgan fingerprint density at radius 1 is 1.59 bits per heavy atom. The Labute approximate surface area is 102 Å². The van der Waals surface area contributed by atoms with Crippen molar-refractivity contribution in [1.29, 1.82) is 0 Å². The normalized spacial score (nSPS) is 25.8. The number of aromatic nitrogens is 1. The molecule has 2 heterocycles. The van der Waals surface area contributed by atoms with E-state index in [-0.39, 0.29) is 11.9 Å². The Balaban J connectivity index is 2.16. The molecule has 0 aliphatic carbocycles. The Morgan fingerprint density at radius 2 is 2.35 bits per heavy atom. The number of piperidine rings is 1. The molecular formula is C13H19N3O. The number of carbonyl (C=O) groups is 1. The molecule has 17 heavy (non-hydrogen) atoms. The summed E-state index contributed by atoms with van der Waals surface area (Å²) in [5, 5.41) is 0. The van der Waals surface area contributed by atoms with Crippen molar-refractivity contribution in [2.45, 2.75) is 31.7 Å². The van der Waals surface area contributed by atoms with Crippen LogP contribution in [0.3, 0.4) is 0 Å². The molecule has 1 aromatic rings. The van der Waals surface area contributed by atoms with Crippen molar-refractivity contribution in [3.63, 3.8) is 0 Å². The fourth-order valence-electron chi connectivity index (χ4n) is 2.54. The molecule has 1 fully saturated rings. The first-order chi connectivity index (χ1) is 8.08. The Kier molecular flexibility index (Phi) is 3.43. The molecule has 2 N–H and O–H groups in total. The first-order valence-corrected chi connectivity index (χ1v) is 6.00. The highest BCUT2D eigenvalue weighted by molar-refractivity contribution is 5.80. The van der Waals surface area contributed by atoms with Crippen LogP contribution in [-0.2, 0) is 4.79 Å². The first-order valence-electron chi connectivity index (χ1n) is 6.00. The summed E-state index contributed by atoms with van der Waals surface area (Å²) in [6.45, 7) is 2.91. The molecular weight excluding hydrogens is 214 g/mol. The Bertz CT molecular complexity index is 419. The van der Waals surface area contributed by atoms with Crippen molar-refractivity contribution >= 4 is 5.91 Å². The third-order valence-corrected chi connectivity index (χ3v) is 3.59. The first kappa shape index (κ1) is 12.0. The van der Waals surface area contributed by atoms with E-state index in [9.17, 15) is 4.79 Å². The Hall–Kier alpha value is -1.42. The number of pyridine rings is 1. The van der Waals surface area contributed by atoms with E-state index >= 15 is 0 Å². The van der Waals surface area contributed by atoms with E-state index in [1.165, 1.54) is 5.56 Å². The second kappa shape index (κ2) is 4.84. The van der Waals surface area contributed by atoms with Crippen LogP contribution in [0.4, 0.5) is 0 Å². The van der Waals surface area contributed by atoms with E-state index in [1.54, 1.807) is 0 Å². The van der Waals surface area contributed by atoms with Crippen molar-refractivity contribution in [3.8, 4) is 0 Å². The molecule has 4 heteroatoms. The van der Waals surface area contributed by atoms with E-state index in [4.69, 9.17) is 5.73 Å². The summed E-state index contributed by atoms with van der Waals surface area (Å²) in [5.74, 6) is 0.202. The fourth-order valence-corrected chi connectivity index (χ4v) is 2.54. The van der Waals surface area contributed by atoms with Crippen molar-refractivity contribution in [1.82, 2.24) is 9.88 Å². The van der Waals surface area contributed by atoms with Crippen LogP contribution in [0.15, 0.2) is 18.3 Å². The van der Waals surface area contributed by atoms with Gasteiger partial charge in [0.15, 0.2) is 0 Å². The molecule has 1 aliphatic rings. The van der Waals surface area contributed by atoms with E-state index in [2.05, 4.69) is 11.1 Å². The maximum Gasteiger partial charge on any atom is 0.234 e. The summed E-state index contributed by atoms with van der Waals surface area (Å²) in [5.41, 5.74) is 7.73. The minimum absolute atomic E-state index is 0.137. The summed E-state index contributed by atoms with van der Waals surface area (Å²) in [6, 6.07) is 4.01. The van der Waals surface area contributed by atoms with Crippen LogP contribution in [0.1, 0.15) is 30.0 Å². The number of carbonyl (C=O) groups excluding carboxylic acids is 1. The lowest BCUT2D eigenvalue weighted by atomic mass is 9.85. The number of hydrogen-bond donors (Lipinski definition) is 1. The maximum absolute atomic E-state index is 11.4. The van der Waals surface area contributed by atoms with Gasteiger partial charge in [-0.2, -0.15) is 0 Å². The summed E-state index contributed by atoms with van der Waals surface area (Å²) >= 11 is 0. The highest BCUT2D eigenvalue weighted by Crippen LogP contribution is 2.30. The Morgan fingerprint density at radius 3 is 3.00 bits per heavy atom. The highest BCUT2D eigenvalue weighted by Gasteiger charge is 2.30. The third-order valence-electron chi connectivity index (χ3n) is 3.59. The second-order valence-corrected chi connectivity index (χ2v) is 4.85. The minimum Gasteiger partial charge on any atom is -0.368 e. The van der Waals surface area contributed by atoms with Crippen LogP contribution in [0.2, 0.25) is 0 Å². The van der Waals surface area contributed by atoms with Crippen LogP contribution in [0.5, 0.6) is 0 Å². The maximum atomic E-state index is 11.4. The average Bonchev–Trinajstić information content (AvgIpc) is 2.29. The fraction of sp³-hybridized carbons (Fsp3) is 0.538. The van der Waals surface area contributed by atoms with Gasteiger partial charge in [-0.15, -0.1) is 0 Å². The van der Waals surface area contributed by atoms with Gasteiger partial charge in [0.2, 0.25) is 5.91 Å². The monoisotopic (exact) mass is 233 g/mol. The molecule has 1 saturated heterocycles. The molecule has 2 rings (SSSR count). The lowest BCUT2D eigenvalue weighted by molar-refractivity contribution is -0.124. The summed E-state index contributed by atoms with van der Waals surface area (Å²) in [6.07, 6.45) is 3.72. The number of nitrogens with zero attached hydrogens (tertiary/aromatic N) is 2. The quantitative estimate of drug-likeness (QED) is 0.830. The number of primary amides is 1. The summed E-state index contributed by atoms with van der Waals surface area (Å²) in [4.78, 5) is 17.6. The molecule has 2 atom stereocenters. The molecule has 0 aromatic carbocycles. The average molecular weight is 233 g/mol. The number of aryl methyl sites for hydroxylation is 1. The molecule has 0 spiro atoms. The van der Waals surface area contributed by atoms with Gasteiger partial charge in [-0.3, -0.25) is 14.7 Å². The van der Waals surface area contributed by atoms with E-state index < -0.39 is 0 Å². The van der Waals surface area contributed by atoms with Gasteiger partial charge in [0.25, 0.3) is 0 Å². The van der Waals surface area contributed by atoms with Crippen LogP contribution in [0, 0.1) is 6.92 Å². The number of hydrogen-bond acceptors (Lipinski definition) is 3. The van der Waals surface area contributed by atoms with Gasteiger partial charge < -0.3 is 5.73 Å². The predicted octanol–water partition coefficient (Wildman–Crippen LogP) is 1.05. The van der Waals surface area contributed by atoms with Crippen molar-refractivity contribution in [2.75, 3.05) is 13.6 Å². The molecule has 1 aliphatic heterocycles. The third kappa shape index (κ3) is 2.64. The topological polar surface area (TPSA) is 59.2 Å². The van der Waals surface area contributed by atoms with Gasteiger partial charge in [0.05, 0.1) is 6.04 Å². The van der Waals surface area contributed by atoms with Crippen LogP contribution < -0.4 is 5.73 Å². The van der Waals surface area contributed by atoms with Gasteiger partial charge in [-0.1, -0.05) is 0 Å². The smallest absolute Gasteiger partial charge is 0.234 e. The molecule has 0 saturated carbocycles. The highest BCUT2D eigenvalue weighted by atomic mass is 16.1. The van der Waals surface area contributed by atoms with Crippen LogP contribution in [-0.4, -0.2) is 35.4 Å². The zero-order valence-corrected chi connectivity index (χ0v) is 10.4. The van der Waals surface area contributed by atoms with Crippen LogP contribution in [0.25, 0.3) is 0 Å². The minimum atomic E-state index is -0.219. The number of nitrogens with two attached hydrogens (primary N) is 1. The van der Waals surface area contributed by atoms with E-state index in [1.807, 2.05) is 31.1 Å². The summed E-state index contributed by atoms with van der Waals surface area (Å²) < 4.78 is 0. The second-order valence-electron chi connectivity index (χ2n) is 4.85. The van der Waals surface area contributed by atoms with Crippen molar-refractivity contribution in [2.24, 2.45) is 5.73 Å². The number of amides is 1. The largest absolute Gasteiger partial charge is 0.368 e. The van der Waals surface area contributed by atoms with Gasteiger partial charge in [0.1, 0.15) is 0 Å². The molecule has 1 aromatic heterocycles. The zero-order chi connectivity index (χ0) is 12.4. The van der Waals surface area contributed by atoms with Gasteiger partial charge in [-0.25, -0.2) is 0 Å². The van der Waals surface area contributed by atoms with Gasteiger partial charge in [0, 0.05) is 11.9 Å². The lowest BCUT2D eigenvalue weighted by Gasteiger charge is -2.35. The molecule has 0 bridgehead atoms. The SMILES string of the molecule is Cc1cc(C2CCN(C)C(C(N)=O)C2)ccn1. The predicted molar refractivity (Wildman–Crippen MR) is 66.6 cm³/mol. The summed E-state index contributed by atoms with van der Waals surface area (Å²) in [7, 11) is 1.96. The number of likely N-dealkylation sites (tertiary alicyclic amines) is 1. The lowest BCUT2D eigenvalue weighted by Crippen LogP contribution is -2.47. The zero-order valence-electron chi connectivity index (χ0n) is 10.4. The molecule has 4 nitrogen and oxygen atoms in total. The van der Waals surface area contributed by atoms with Gasteiger partial charge >= 0.3 is 0 Å².